The third-order valence-electron chi connectivity index (χ3n) is 3.07. The van der Waals surface area contributed by atoms with E-state index in [4.69, 9.17) is 16.3 Å². The molecule has 1 aliphatic heterocycles. The van der Waals surface area contributed by atoms with Crippen molar-refractivity contribution in [2.75, 3.05) is 32.1 Å². The van der Waals surface area contributed by atoms with Crippen molar-refractivity contribution < 1.29 is 13.5 Å². The van der Waals surface area contributed by atoms with E-state index >= 15 is 0 Å². The normalized spacial score (nSPS) is 18.2. The molecule has 0 N–H and O–H groups in total. The fraction of sp³-hybridized carbons (Fsp3) is 0.538. The Labute approximate surface area is 110 Å². The van der Waals surface area contributed by atoms with Crippen LogP contribution < -0.4 is 4.74 Å². The van der Waals surface area contributed by atoms with E-state index in [1.54, 1.807) is 4.90 Å². The zero-order valence-corrected chi connectivity index (χ0v) is 10.7. The van der Waals surface area contributed by atoms with E-state index in [-0.39, 0.29) is 12.5 Å². The number of hydrogen-bond acceptors (Lipinski definition) is 2. The lowest BCUT2D eigenvalue weighted by molar-refractivity contribution is 0.0865. The van der Waals surface area contributed by atoms with E-state index in [1.807, 2.05) is 24.3 Å². The average Bonchev–Trinajstić information content (AvgIpc) is 2.72. The van der Waals surface area contributed by atoms with Gasteiger partial charge in [-0.3, -0.25) is 4.90 Å². The zero-order chi connectivity index (χ0) is 13.0. The zero-order valence-electron chi connectivity index (χ0n) is 9.99. The minimum Gasteiger partial charge on any atom is -0.493 e. The summed E-state index contributed by atoms with van der Waals surface area (Å²) in [4.78, 5) is 1.70. The quantitative estimate of drug-likeness (QED) is 0.740. The number of halogens is 3. The van der Waals surface area contributed by atoms with Gasteiger partial charge in [-0.05, 0) is 6.07 Å². The van der Waals surface area contributed by atoms with Crippen molar-refractivity contribution in [2.24, 2.45) is 0 Å². The molecule has 2 rings (SSSR count). The molecule has 1 heterocycles. The van der Waals surface area contributed by atoms with Crippen LogP contribution in [0.2, 0.25) is 0 Å². The van der Waals surface area contributed by atoms with Gasteiger partial charge in [-0.25, -0.2) is 8.78 Å². The summed E-state index contributed by atoms with van der Waals surface area (Å²) in [6.07, 6.45) is -2.33. The van der Waals surface area contributed by atoms with Gasteiger partial charge in [0.25, 0.3) is 6.43 Å². The van der Waals surface area contributed by atoms with E-state index in [0.717, 1.165) is 11.3 Å². The van der Waals surface area contributed by atoms with Crippen LogP contribution in [-0.4, -0.2) is 43.4 Å². The fourth-order valence-electron chi connectivity index (χ4n) is 2.26. The molecule has 18 heavy (non-hydrogen) atoms. The van der Waals surface area contributed by atoms with Crippen molar-refractivity contribution in [3.05, 3.63) is 29.8 Å². The summed E-state index contributed by atoms with van der Waals surface area (Å²) >= 11 is 5.65. The summed E-state index contributed by atoms with van der Waals surface area (Å²) in [5.74, 6) is 1.38. The summed E-state index contributed by atoms with van der Waals surface area (Å²) in [5, 5.41) is 0. The van der Waals surface area contributed by atoms with E-state index in [9.17, 15) is 8.78 Å². The second kappa shape index (κ2) is 6.34. The Morgan fingerprint density at radius 1 is 1.39 bits per heavy atom. The largest absolute Gasteiger partial charge is 0.493 e. The summed E-state index contributed by atoms with van der Waals surface area (Å²) in [5.41, 5.74) is 1.10. The first-order valence-electron chi connectivity index (χ1n) is 5.99. The van der Waals surface area contributed by atoms with Crippen LogP contribution in [0.5, 0.6) is 5.75 Å². The molecule has 0 radical (unpaired) electrons. The second-order valence-corrected chi connectivity index (χ2v) is 4.76. The van der Waals surface area contributed by atoms with E-state index < -0.39 is 6.43 Å². The maximum atomic E-state index is 12.5. The highest BCUT2D eigenvalue weighted by atomic mass is 35.5. The highest BCUT2D eigenvalue weighted by Gasteiger charge is 2.26. The number of para-hydroxylation sites is 1. The van der Waals surface area contributed by atoms with Crippen LogP contribution in [0.25, 0.3) is 0 Å². The maximum absolute atomic E-state index is 12.5. The highest BCUT2D eigenvalue weighted by molar-refractivity contribution is 6.18. The van der Waals surface area contributed by atoms with Crippen LogP contribution >= 0.6 is 11.6 Å². The molecule has 100 valence electrons. The van der Waals surface area contributed by atoms with Gasteiger partial charge in [0.05, 0.1) is 13.2 Å². The third-order valence-corrected chi connectivity index (χ3v) is 3.24. The van der Waals surface area contributed by atoms with Crippen LogP contribution in [0.3, 0.4) is 0 Å². The second-order valence-electron chi connectivity index (χ2n) is 4.39. The van der Waals surface area contributed by atoms with Gasteiger partial charge in [0.1, 0.15) is 5.75 Å². The van der Waals surface area contributed by atoms with Crippen molar-refractivity contribution in [3.63, 3.8) is 0 Å². The Morgan fingerprint density at radius 3 is 2.89 bits per heavy atom. The van der Waals surface area contributed by atoms with Gasteiger partial charge in [-0.2, -0.15) is 0 Å². The summed E-state index contributed by atoms with van der Waals surface area (Å²) in [6, 6.07) is 7.76. The summed E-state index contributed by atoms with van der Waals surface area (Å²) < 4.78 is 30.5. The molecule has 0 bridgehead atoms. The molecule has 1 aromatic carbocycles. The van der Waals surface area contributed by atoms with Crippen LogP contribution in [0.15, 0.2) is 24.3 Å². The Kier molecular flexibility index (Phi) is 4.78. The number of rotatable bonds is 6. The monoisotopic (exact) mass is 275 g/mol. The van der Waals surface area contributed by atoms with Crippen LogP contribution in [0.4, 0.5) is 8.78 Å². The van der Waals surface area contributed by atoms with Gasteiger partial charge < -0.3 is 4.74 Å². The molecule has 1 unspecified atom stereocenters. The van der Waals surface area contributed by atoms with E-state index in [0.29, 0.717) is 25.6 Å². The molecule has 0 fully saturated rings. The smallest absolute Gasteiger partial charge is 0.251 e. The van der Waals surface area contributed by atoms with Crippen molar-refractivity contribution >= 4 is 11.6 Å². The van der Waals surface area contributed by atoms with Gasteiger partial charge in [0.2, 0.25) is 0 Å². The van der Waals surface area contributed by atoms with Gasteiger partial charge in [-0.15, -0.1) is 11.6 Å². The minimum absolute atomic E-state index is 0.156. The molecule has 5 heteroatoms. The van der Waals surface area contributed by atoms with Crippen LogP contribution in [0, 0.1) is 0 Å². The van der Waals surface area contributed by atoms with Crippen molar-refractivity contribution in [2.45, 2.75) is 12.3 Å². The van der Waals surface area contributed by atoms with Crippen LogP contribution in [0.1, 0.15) is 11.5 Å². The molecule has 0 amide bonds. The molecule has 0 spiro atoms. The van der Waals surface area contributed by atoms with E-state index in [2.05, 4.69) is 0 Å². The predicted octanol–water partition coefficient (Wildman–Crippen LogP) is 2.97. The molecule has 0 aliphatic carbocycles. The Bertz CT molecular complexity index is 389. The summed E-state index contributed by atoms with van der Waals surface area (Å²) in [6.45, 7) is 1.37. The maximum Gasteiger partial charge on any atom is 0.251 e. The van der Waals surface area contributed by atoms with Crippen molar-refractivity contribution in [3.8, 4) is 5.75 Å². The molecule has 0 aromatic heterocycles. The number of nitrogens with zero attached hydrogens (tertiary/aromatic N) is 1. The lowest BCUT2D eigenvalue weighted by atomic mass is 10.0. The fourth-order valence-corrected chi connectivity index (χ4v) is 2.50. The number of fused-ring (bicyclic) bond motifs is 1. The molecule has 1 aliphatic rings. The number of ether oxygens (including phenoxy) is 1. The van der Waals surface area contributed by atoms with Gasteiger partial charge in [0, 0.05) is 30.5 Å². The molecular weight excluding hydrogens is 260 g/mol. The van der Waals surface area contributed by atoms with E-state index in [1.165, 1.54) is 0 Å². The topological polar surface area (TPSA) is 12.5 Å². The van der Waals surface area contributed by atoms with Crippen molar-refractivity contribution in [1.82, 2.24) is 4.90 Å². The Hall–Kier alpha value is -0.870. The first-order chi connectivity index (χ1) is 8.70. The summed E-state index contributed by atoms with van der Waals surface area (Å²) in [7, 11) is 0. The third kappa shape index (κ3) is 3.33. The molecule has 0 saturated heterocycles. The molecule has 1 atom stereocenters. The number of alkyl halides is 3. The van der Waals surface area contributed by atoms with Gasteiger partial charge in [-0.1, -0.05) is 18.2 Å². The first-order valence-corrected chi connectivity index (χ1v) is 6.52. The van der Waals surface area contributed by atoms with Crippen LogP contribution in [-0.2, 0) is 0 Å². The Balaban J connectivity index is 2.00. The highest BCUT2D eigenvalue weighted by Crippen LogP contribution is 2.33. The Morgan fingerprint density at radius 2 is 2.17 bits per heavy atom. The molecular formula is C13H16ClF2NO. The lowest BCUT2D eigenvalue weighted by Gasteiger charge is -2.23. The van der Waals surface area contributed by atoms with Gasteiger partial charge >= 0.3 is 0 Å². The average molecular weight is 276 g/mol. The standard InChI is InChI=1S/C13H16ClF2NO/c14-5-6-17(8-13(15)16)7-10-9-18-12-4-2-1-3-11(10)12/h1-4,10,13H,5-9H2. The number of benzene rings is 1. The molecule has 0 saturated carbocycles. The minimum atomic E-state index is -2.33. The van der Waals surface area contributed by atoms with Crippen molar-refractivity contribution in [1.29, 1.82) is 0 Å². The SMILES string of the molecule is FC(F)CN(CCCl)CC1COc2ccccc21. The molecule has 2 nitrogen and oxygen atoms in total. The van der Waals surface area contributed by atoms with Gasteiger partial charge in [0.15, 0.2) is 0 Å². The predicted molar refractivity (Wildman–Crippen MR) is 67.8 cm³/mol. The number of hydrogen-bond donors (Lipinski definition) is 0. The lowest BCUT2D eigenvalue weighted by Crippen LogP contribution is -2.34. The first kappa shape index (κ1) is 13.6. The molecule has 1 aromatic rings.